The second-order valence-corrected chi connectivity index (χ2v) is 5.85. The van der Waals surface area contributed by atoms with Gasteiger partial charge in [-0.25, -0.2) is 4.98 Å². The molecule has 1 aliphatic rings. The molecule has 0 aromatic carbocycles. The van der Waals surface area contributed by atoms with Gasteiger partial charge in [0.05, 0.1) is 5.01 Å². The minimum Gasteiger partial charge on any atom is -0.481 e. The maximum absolute atomic E-state index is 10.5. The molecule has 1 aromatic rings. The van der Waals surface area contributed by atoms with Crippen LogP contribution in [0, 0.1) is 6.92 Å². The van der Waals surface area contributed by atoms with E-state index < -0.39 is 5.97 Å². The fourth-order valence-electron chi connectivity index (χ4n) is 2.47. The van der Waals surface area contributed by atoms with Gasteiger partial charge in [-0.05, 0) is 39.3 Å². The molecule has 1 N–H and O–H groups in total. The summed E-state index contributed by atoms with van der Waals surface area (Å²) in [6.07, 6.45) is 3.43. The van der Waals surface area contributed by atoms with Crippen molar-refractivity contribution in [3.05, 3.63) is 16.1 Å². The average Bonchev–Trinajstić information content (AvgIpc) is 2.76. The van der Waals surface area contributed by atoms with Crippen LogP contribution >= 0.6 is 11.3 Å². The first-order valence-electron chi connectivity index (χ1n) is 6.51. The molecule has 0 saturated carbocycles. The van der Waals surface area contributed by atoms with E-state index in [0.29, 0.717) is 5.92 Å². The van der Waals surface area contributed by atoms with Crippen LogP contribution in [0.3, 0.4) is 0 Å². The van der Waals surface area contributed by atoms with E-state index in [1.54, 1.807) is 11.3 Å². The molecule has 1 atom stereocenters. The first kappa shape index (κ1) is 13.5. The van der Waals surface area contributed by atoms with E-state index >= 15 is 0 Å². The Morgan fingerprint density at radius 1 is 1.67 bits per heavy atom. The average molecular weight is 268 g/mol. The number of likely N-dealkylation sites (tertiary alicyclic amines) is 1. The van der Waals surface area contributed by atoms with Crippen LogP contribution in [0.25, 0.3) is 0 Å². The fourth-order valence-corrected chi connectivity index (χ4v) is 3.40. The van der Waals surface area contributed by atoms with Gasteiger partial charge < -0.3 is 10.0 Å². The molecule has 1 aromatic heterocycles. The normalized spacial score (nSPS) is 21.1. The summed E-state index contributed by atoms with van der Waals surface area (Å²) in [6.45, 7) is 5.06. The van der Waals surface area contributed by atoms with Gasteiger partial charge in [0, 0.05) is 30.0 Å². The molecule has 2 heterocycles. The molecule has 5 heteroatoms. The molecule has 2 rings (SSSR count). The van der Waals surface area contributed by atoms with Crippen LogP contribution in [0.5, 0.6) is 0 Å². The molecule has 100 valence electrons. The number of piperidine rings is 1. The van der Waals surface area contributed by atoms with Crippen LogP contribution in [0.2, 0.25) is 0 Å². The zero-order valence-corrected chi connectivity index (χ0v) is 11.6. The van der Waals surface area contributed by atoms with E-state index in [4.69, 9.17) is 5.11 Å². The lowest BCUT2D eigenvalue weighted by molar-refractivity contribution is -0.137. The van der Waals surface area contributed by atoms with Gasteiger partial charge in [0.1, 0.15) is 0 Å². The molecule has 18 heavy (non-hydrogen) atoms. The van der Waals surface area contributed by atoms with E-state index in [9.17, 15) is 4.79 Å². The lowest BCUT2D eigenvalue weighted by atomic mass is 9.98. The first-order valence-corrected chi connectivity index (χ1v) is 7.39. The summed E-state index contributed by atoms with van der Waals surface area (Å²) >= 11 is 1.75. The van der Waals surface area contributed by atoms with Crippen molar-refractivity contribution in [3.63, 3.8) is 0 Å². The summed E-state index contributed by atoms with van der Waals surface area (Å²) in [4.78, 5) is 17.5. The SMILES string of the molecule is Cc1csc(C2CCCN(CCCC(=O)O)C2)n1. The van der Waals surface area contributed by atoms with Crippen LogP contribution < -0.4 is 0 Å². The molecule has 0 aliphatic carbocycles. The third-order valence-electron chi connectivity index (χ3n) is 3.36. The van der Waals surface area contributed by atoms with Crippen LogP contribution in [0.15, 0.2) is 5.38 Å². The third kappa shape index (κ3) is 3.78. The highest BCUT2D eigenvalue weighted by Gasteiger charge is 2.23. The minimum atomic E-state index is -0.695. The number of hydrogen-bond acceptors (Lipinski definition) is 4. The van der Waals surface area contributed by atoms with Gasteiger partial charge >= 0.3 is 5.97 Å². The molecule has 1 unspecified atom stereocenters. The van der Waals surface area contributed by atoms with E-state index in [-0.39, 0.29) is 6.42 Å². The first-order chi connectivity index (χ1) is 8.65. The zero-order valence-electron chi connectivity index (χ0n) is 10.8. The maximum atomic E-state index is 10.5. The molecular formula is C13H20N2O2S. The number of rotatable bonds is 5. The summed E-state index contributed by atoms with van der Waals surface area (Å²) in [5, 5.41) is 12.0. The van der Waals surface area contributed by atoms with Crippen molar-refractivity contribution in [1.29, 1.82) is 0 Å². The van der Waals surface area contributed by atoms with Gasteiger partial charge in [-0.2, -0.15) is 0 Å². The standard InChI is InChI=1S/C13H20N2O2S/c1-10-9-18-13(14-10)11-4-2-6-15(8-11)7-3-5-12(16)17/h9,11H,2-8H2,1H3,(H,16,17). The van der Waals surface area contributed by atoms with Gasteiger partial charge in [0.2, 0.25) is 0 Å². The Kier molecular flexibility index (Phi) is 4.72. The number of aryl methyl sites for hydroxylation is 1. The third-order valence-corrected chi connectivity index (χ3v) is 4.48. The molecule has 1 aliphatic heterocycles. The lowest BCUT2D eigenvalue weighted by Crippen LogP contribution is -2.35. The molecule has 0 spiro atoms. The zero-order chi connectivity index (χ0) is 13.0. The van der Waals surface area contributed by atoms with Gasteiger partial charge in [-0.15, -0.1) is 11.3 Å². The summed E-state index contributed by atoms with van der Waals surface area (Å²) in [5.74, 6) is -0.151. The molecule has 1 saturated heterocycles. The Hall–Kier alpha value is -0.940. The Labute approximate surface area is 112 Å². The predicted octanol–water partition coefficient (Wildman–Crippen LogP) is 2.50. The topological polar surface area (TPSA) is 53.4 Å². The maximum Gasteiger partial charge on any atom is 0.303 e. The van der Waals surface area contributed by atoms with Crippen LogP contribution in [0.1, 0.15) is 42.3 Å². The number of aliphatic carboxylic acids is 1. The highest BCUT2D eigenvalue weighted by molar-refractivity contribution is 7.09. The quantitative estimate of drug-likeness (QED) is 0.891. The van der Waals surface area contributed by atoms with Crippen molar-refractivity contribution >= 4 is 17.3 Å². The lowest BCUT2D eigenvalue weighted by Gasteiger charge is -2.31. The van der Waals surface area contributed by atoms with Crippen molar-refractivity contribution < 1.29 is 9.90 Å². The summed E-state index contributed by atoms with van der Waals surface area (Å²) < 4.78 is 0. The molecule has 0 bridgehead atoms. The van der Waals surface area contributed by atoms with Gasteiger partial charge in [0.15, 0.2) is 0 Å². The highest BCUT2D eigenvalue weighted by Crippen LogP contribution is 2.29. The molecular weight excluding hydrogens is 248 g/mol. The number of hydrogen-bond donors (Lipinski definition) is 1. The monoisotopic (exact) mass is 268 g/mol. The van der Waals surface area contributed by atoms with Crippen molar-refractivity contribution in [2.24, 2.45) is 0 Å². The second kappa shape index (κ2) is 6.29. The van der Waals surface area contributed by atoms with Crippen molar-refractivity contribution in [2.45, 2.75) is 38.5 Å². The van der Waals surface area contributed by atoms with Crippen molar-refractivity contribution in [3.8, 4) is 0 Å². The summed E-state index contributed by atoms with van der Waals surface area (Å²) in [6, 6.07) is 0. The van der Waals surface area contributed by atoms with Gasteiger partial charge in [0.25, 0.3) is 0 Å². The number of carboxylic acid groups (broad SMARTS) is 1. The van der Waals surface area contributed by atoms with E-state index in [1.807, 2.05) is 6.92 Å². The molecule has 0 amide bonds. The number of carbonyl (C=O) groups is 1. The van der Waals surface area contributed by atoms with Crippen molar-refractivity contribution in [1.82, 2.24) is 9.88 Å². The van der Waals surface area contributed by atoms with Crippen LogP contribution in [0.4, 0.5) is 0 Å². The van der Waals surface area contributed by atoms with Crippen LogP contribution in [-0.4, -0.2) is 40.6 Å². The number of aromatic nitrogens is 1. The Balaban J connectivity index is 1.83. The fraction of sp³-hybridized carbons (Fsp3) is 0.692. The van der Waals surface area contributed by atoms with E-state index in [2.05, 4.69) is 15.3 Å². The Bertz CT molecular complexity index is 405. The van der Waals surface area contributed by atoms with Crippen LogP contribution in [-0.2, 0) is 4.79 Å². The smallest absolute Gasteiger partial charge is 0.303 e. The molecule has 1 fully saturated rings. The minimum absolute atomic E-state index is 0.275. The summed E-state index contributed by atoms with van der Waals surface area (Å²) in [5.41, 5.74) is 1.11. The number of carboxylic acids is 1. The van der Waals surface area contributed by atoms with E-state index in [0.717, 1.165) is 31.7 Å². The number of nitrogens with zero attached hydrogens (tertiary/aromatic N) is 2. The molecule has 0 radical (unpaired) electrons. The number of thiazole rings is 1. The van der Waals surface area contributed by atoms with E-state index in [1.165, 1.54) is 17.8 Å². The van der Waals surface area contributed by atoms with Gasteiger partial charge in [-0.1, -0.05) is 0 Å². The predicted molar refractivity (Wildman–Crippen MR) is 72.1 cm³/mol. The second-order valence-electron chi connectivity index (χ2n) is 4.96. The van der Waals surface area contributed by atoms with Gasteiger partial charge in [-0.3, -0.25) is 4.79 Å². The van der Waals surface area contributed by atoms with Crippen molar-refractivity contribution in [2.75, 3.05) is 19.6 Å². The Morgan fingerprint density at radius 2 is 2.50 bits per heavy atom. The largest absolute Gasteiger partial charge is 0.481 e. The highest BCUT2D eigenvalue weighted by atomic mass is 32.1. The molecule has 4 nitrogen and oxygen atoms in total. The summed E-state index contributed by atoms with van der Waals surface area (Å²) in [7, 11) is 0. The Morgan fingerprint density at radius 3 is 3.17 bits per heavy atom.